The standard InChI is InChI=1S/C17H12ClN3OS2/c1-8-3-4-12-10(5-8)14-11(15(18)20-12)6-13(24-14)16(22)21-17-19-9(2)7-23-17/h3-7H,1-2H3,(H,19,21,22). The van der Waals surface area contributed by atoms with Gasteiger partial charge in [-0.25, -0.2) is 9.97 Å². The number of thiophene rings is 1. The molecule has 0 radical (unpaired) electrons. The molecule has 3 aromatic heterocycles. The van der Waals surface area contributed by atoms with Gasteiger partial charge in [0.25, 0.3) is 5.91 Å². The molecule has 1 aromatic carbocycles. The van der Waals surface area contributed by atoms with E-state index >= 15 is 0 Å². The molecular formula is C17H12ClN3OS2. The number of pyridine rings is 1. The number of hydrogen-bond acceptors (Lipinski definition) is 5. The lowest BCUT2D eigenvalue weighted by Crippen LogP contribution is -2.09. The van der Waals surface area contributed by atoms with Crippen LogP contribution in [0.3, 0.4) is 0 Å². The van der Waals surface area contributed by atoms with Gasteiger partial charge < -0.3 is 0 Å². The number of rotatable bonds is 2. The number of hydrogen-bond donors (Lipinski definition) is 1. The van der Waals surface area contributed by atoms with Crippen LogP contribution in [0.25, 0.3) is 21.0 Å². The summed E-state index contributed by atoms with van der Waals surface area (Å²) in [6.45, 7) is 3.93. The molecule has 0 saturated carbocycles. The Morgan fingerprint density at radius 1 is 1.17 bits per heavy atom. The lowest BCUT2D eigenvalue weighted by atomic mass is 10.1. The molecule has 0 atom stereocenters. The zero-order valence-electron chi connectivity index (χ0n) is 12.9. The van der Waals surface area contributed by atoms with Crippen molar-refractivity contribution in [2.24, 2.45) is 0 Å². The van der Waals surface area contributed by atoms with Crippen LogP contribution in [0.4, 0.5) is 5.13 Å². The molecule has 1 N–H and O–H groups in total. The summed E-state index contributed by atoms with van der Waals surface area (Å²) in [5.74, 6) is -0.178. The van der Waals surface area contributed by atoms with E-state index in [1.807, 2.05) is 31.4 Å². The van der Waals surface area contributed by atoms with E-state index < -0.39 is 0 Å². The molecule has 0 bridgehead atoms. The highest BCUT2D eigenvalue weighted by atomic mass is 35.5. The predicted molar refractivity (Wildman–Crippen MR) is 102 cm³/mol. The van der Waals surface area contributed by atoms with Crippen molar-refractivity contribution >= 4 is 66.3 Å². The van der Waals surface area contributed by atoms with Crippen molar-refractivity contribution < 1.29 is 4.79 Å². The molecule has 0 aliphatic heterocycles. The molecule has 3 heterocycles. The van der Waals surface area contributed by atoms with E-state index in [4.69, 9.17) is 11.6 Å². The van der Waals surface area contributed by atoms with Gasteiger partial charge in [0, 0.05) is 20.9 Å². The fourth-order valence-electron chi connectivity index (χ4n) is 2.52. The molecule has 4 rings (SSSR count). The van der Waals surface area contributed by atoms with E-state index in [1.165, 1.54) is 22.7 Å². The Labute approximate surface area is 151 Å². The highest BCUT2D eigenvalue weighted by Crippen LogP contribution is 2.36. The summed E-state index contributed by atoms with van der Waals surface area (Å²) in [6.07, 6.45) is 0. The van der Waals surface area contributed by atoms with Gasteiger partial charge in [-0.05, 0) is 32.0 Å². The van der Waals surface area contributed by atoms with E-state index in [0.29, 0.717) is 15.2 Å². The van der Waals surface area contributed by atoms with E-state index in [1.54, 1.807) is 6.07 Å². The minimum Gasteiger partial charge on any atom is -0.297 e. The number of benzene rings is 1. The molecule has 0 spiro atoms. The molecule has 0 aliphatic carbocycles. The maximum Gasteiger partial charge on any atom is 0.267 e. The molecule has 120 valence electrons. The van der Waals surface area contributed by atoms with Crippen molar-refractivity contribution in [2.75, 3.05) is 5.32 Å². The Kier molecular flexibility index (Phi) is 3.75. The topological polar surface area (TPSA) is 54.9 Å². The zero-order chi connectivity index (χ0) is 16.8. The fraction of sp³-hybridized carbons (Fsp3) is 0.118. The number of fused-ring (bicyclic) bond motifs is 3. The Hall–Kier alpha value is -2.02. The summed E-state index contributed by atoms with van der Waals surface area (Å²) in [5.41, 5.74) is 2.87. The van der Waals surface area contributed by atoms with Crippen molar-refractivity contribution in [3.63, 3.8) is 0 Å². The van der Waals surface area contributed by atoms with Crippen LogP contribution in [0.1, 0.15) is 20.9 Å². The smallest absolute Gasteiger partial charge is 0.267 e. The van der Waals surface area contributed by atoms with Crippen LogP contribution >= 0.6 is 34.3 Å². The Balaban J connectivity index is 1.82. The average Bonchev–Trinajstić information content (AvgIpc) is 3.15. The molecule has 4 nitrogen and oxygen atoms in total. The van der Waals surface area contributed by atoms with Crippen LogP contribution in [0.2, 0.25) is 5.15 Å². The highest BCUT2D eigenvalue weighted by Gasteiger charge is 2.16. The minimum absolute atomic E-state index is 0.178. The van der Waals surface area contributed by atoms with Gasteiger partial charge in [0.15, 0.2) is 5.13 Å². The van der Waals surface area contributed by atoms with Crippen LogP contribution < -0.4 is 5.32 Å². The number of nitrogens with one attached hydrogen (secondary N) is 1. The number of halogens is 1. The Bertz CT molecular complexity index is 1100. The van der Waals surface area contributed by atoms with Gasteiger partial charge in [0.05, 0.1) is 16.1 Å². The number of anilines is 1. The van der Waals surface area contributed by atoms with Crippen LogP contribution in [0.5, 0.6) is 0 Å². The number of thiazole rings is 1. The largest absolute Gasteiger partial charge is 0.297 e. The number of carbonyl (C=O) groups is 1. The maximum absolute atomic E-state index is 12.5. The normalized spacial score (nSPS) is 11.3. The molecule has 0 saturated heterocycles. The third kappa shape index (κ3) is 2.66. The second-order valence-electron chi connectivity index (χ2n) is 5.52. The van der Waals surface area contributed by atoms with Crippen molar-refractivity contribution in [3.8, 4) is 0 Å². The van der Waals surface area contributed by atoms with E-state index in [-0.39, 0.29) is 5.91 Å². The molecule has 0 fully saturated rings. The zero-order valence-corrected chi connectivity index (χ0v) is 15.3. The Morgan fingerprint density at radius 2 is 2.00 bits per heavy atom. The highest BCUT2D eigenvalue weighted by molar-refractivity contribution is 7.22. The first kappa shape index (κ1) is 15.5. The SMILES string of the molecule is Cc1ccc2nc(Cl)c3cc(C(=O)Nc4nc(C)cs4)sc3c2c1. The summed E-state index contributed by atoms with van der Waals surface area (Å²) in [5, 5.41) is 7.57. The first-order valence-electron chi connectivity index (χ1n) is 7.24. The first-order valence-corrected chi connectivity index (χ1v) is 9.31. The van der Waals surface area contributed by atoms with E-state index in [0.717, 1.165) is 32.2 Å². The summed E-state index contributed by atoms with van der Waals surface area (Å²) in [6, 6.07) is 7.83. The number of nitrogens with zero attached hydrogens (tertiary/aromatic N) is 2. The quantitative estimate of drug-likeness (QED) is 0.477. The summed E-state index contributed by atoms with van der Waals surface area (Å²) < 4.78 is 0.981. The van der Waals surface area contributed by atoms with E-state index in [2.05, 4.69) is 21.4 Å². The number of amides is 1. The Morgan fingerprint density at radius 3 is 2.75 bits per heavy atom. The lowest BCUT2D eigenvalue weighted by Gasteiger charge is -2.01. The van der Waals surface area contributed by atoms with Gasteiger partial charge in [0.2, 0.25) is 0 Å². The predicted octanol–water partition coefficient (Wildman–Crippen LogP) is 5.43. The lowest BCUT2D eigenvalue weighted by molar-refractivity contribution is 0.103. The molecule has 24 heavy (non-hydrogen) atoms. The van der Waals surface area contributed by atoms with Gasteiger partial charge in [-0.1, -0.05) is 23.2 Å². The third-order valence-corrected chi connectivity index (χ3v) is 5.96. The minimum atomic E-state index is -0.178. The maximum atomic E-state index is 12.5. The van der Waals surface area contributed by atoms with Crippen LogP contribution in [-0.2, 0) is 0 Å². The fourth-order valence-corrected chi connectivity index (χ4v) is 4.58. The van der Waals surface area contributed by atoms with Crippen LogP contribution in [0, 0.1) is 13.8 Å². The van der Waals surface area contributed by atoms with Crippen molar-refractivity contribution in [2.45, 2.75) is 13.8 Å². The second kappa shape index (κ2) is 5.81. The van der Waals surface area contributed by atoms with Gasteiger partial charge >= 0.3 is 0 Å². The second-order valence-corrected chi connectivity index (χ2v) is 7.79. The summed E-state index contributed by atoms with van der Waals surface area (Å²) in [4.78, 5) is 21.8. The number of aryl methyl sites for hydroxylation is 2. The monoisotopic (exact) mass is 373 g/mol. The molecule has 0 aliphatic rings. The molecule has 4 aromatic rings. The first-order chi connectivity index (χ1) is 11.5. The number of aromatic nitrogens is 2. The molecule has 1 amide bonds. The van der Waals surface area contributed by atoms with E-state index in [9.17, 15) is 4.79 Å². The summed E-state index contributed by atoms with van der Waals surface area (Å²) >= 11 is 9.15. The van der Waals surface area contributed by atoms with Crippen molar-refractivity contribution in [1.29, 1.82) is 0 Å². The summed E-state index contributed by atoms with van der Waals surface area (Å²) in [7, 11) is 0. The number of carbonyl (C=O) groups excluding carboxylic acids is 1. The molecule has 0 unspecified atom stereocenters. The van der Waals surface area contributed by atoms with Crippen LogP contribution in [-0.4, -0.2) is 15.9 Å². The van der Waals surface area contributed by atoms with Gasteiger partial charge in [-0.15, -0.1) is 22.7 Å². The van der Waals surface area contributed by atoms with Gasteiger partial charge in [-0.3, -0.25) is 10.1 Å². The van der Waals surface area contributed by atoms with Crippen molar-refractivity contribution in [3.05, 3.63) is 50.9 Å². The van der Waals surface area contributed by atoms with Gasteiger partial charge in [0.1, 0.15) is 5.15 Å². The molecule has 7 heteroatoms. The molecular weight excluding hydrogens is 362 g/mol. The third-order valence-electron chi connectivity index (χ3n) is 3.63. The van der Waals surface area contributed by atoms with Gasteiger partial charge in [-0.2, -0.15) is 0 Å². The average molecular weight is 374 g/mol. The van der Waals surface area contributed by atoms with Crippen LogP contribution in [0.15, 0.2) is 29.6 Å². The van der Waals surface area contributed by atoms with Crippen molar-refractivity contribution in [1.82, 2.24) is 9.97 Å².